The number of rotatable bonds is 6. The van der Waals surface area contributed by atoms with Gasteiger partial charge in [-0.3, -0.25) is 19.2 Å². The van der Waals surface area contributed by atoms with Gasteiger partial charge in [0.15, 0.2) is 11.6 Å². The van der Waals surface area contributed by atoms with Crippen molar-refractivity contribution in [3.8, 4) is 0 Å². The third-order valence-electron chi connectivity index (χ3n) is 3.84. The molecule has 1 saturated heterocycles. The van der Waals surface area contributed by atoms with E-state index in [2.05, 4.69) is 0 Å². The maximum Gasteiger partial charge on any atom is 0.279 e. The Kier molecular flexibility index (Phi) is 5.66. The highest BCUT2D eigenvalue weighted by molar-refractivity contribution is 8.29. The Hall–Kier alpha value is -1.88. The number of allylic oxidation sites excluding steroid dienone is 4. The molecule has 0 radical (unpaired) electrons. The highest BCUT2D eigenvalue weighted by Gasteiger charge is 2.45. The Morgan fingerprint density at radius 1 is 0.808 bits per heavy atom. The average Bonchev–Trinajstić information content (AvgIpc) is 3.15. The van der Waals surface area contributed by atoms with E-state index in [0.717, 1.165) is 23.5 Å². The molecule has 0 bridgehead atoms. The van der Waals surface area contributed by atoms with Crippen molar-refractivity contribution in [2.24, 2.45) is 0 Å². The van der Waals surface area contributed by atoms with E-state index in [9.17, 15) is 19.2 Å². The molecule has 26 heavy (non-hydrogen) atoms. The first-order valence-corrected chi connectivity index (χ1v) is 9.35. The number of hydrazine groups is 1. The minimum absolute atomic E-state index is 0.0257. The van der Waals surface area contributed by atoms with Gasteiger partial charge in [0.1, 0.15) is 5.57 Å². The molecule has 1 fully saturated rings. The van der Waals surface area contributed by atoms with Crippen LogP contribution < -0.4 is 0 Å². The number of carbonyl (C=O) groups excluding carboxylic acids is 4. The minimum Gasteiger partial charge on any atom is -0.383 e. The van der Waals surface area contributed by atoms with Gasteiger partial charge in [0.25, 0.3) is 11.8 Å². The van der Waals surface area contributed by atoms with Crippen LogP contribution in [-0.2, 0) is 28.7 Å². The smallest absolute Gasteiger partial charge is 0.279 e. The standard InChI is InChI=1S/C16H16N2O6S2/c1-23-7-5-17-14(21)11(15(22)18(17)6-8-24-2)16-25-12-9(19)3-4-10(20)13(12)26-16/h3-4H,5-8H2,1-2H3. The van der Waals surface area contributed by atoms with Crippen LogP contribution >= 0.6 is 23.5 Å². The fraction of sp³-hybridized carbons (Fsp3) is 0.375. The maximum absolute atomic E-state index is 12.8. The van der Waals surface area contributed by atoms with E-state index >= 15 is 0 Å². The summed E-state index contributed by atoms with van der Waals surface area (Å²) in [5.74, 6) is -1.52. The van der Waals surface area contributed by atoms with Crippen molar-refractivity contribution in [1.82, 2.24) is 10.0 Å². The number of nitrogens with zero attached hydrogens (tertiary/aromatic N) is 2. The van der Waals surface area contributed by atoms with Crippen LogP contribution in [0.3, 0.4) is 0 Å². The van der Waals surface area contributed by atoms with Crippen molar-refractivity contribution in [2.75, 3.05) is 40.5 Å². The Morgan fingerprint density at radius 2 is 1.23 bits per heavy atom. The largest absolute Gasteiger partial charge is 0.383 e. The quantitative estimate of drug-likeness (QED) is 0.364. The number of ether oxygens (including phenoxy) is 2. The highest BCUT2D eigenvalue weighted by atomic mass is 32.2. The van der Waals surface area contributed by atoms with Crippen LogP contribution in [0.15, 0.2) is 31.8 Å². The van der Waals surface area contributed by atoms with E-state index in [1.807, 2.05) is 0 Å². The van der Waals surface area contributed by atoms with Crippen molar-refractivity contribution < 1.29 is 28.7 Å². The fourth-order valence-electron chi connectivity index (χ4n) is 2.57. The molecule has 0 unspecified atom stereocenters. The second-order valence-electron chi connectivity index (χ2n) is 5.43. The molecule has 0 aromatic heterocycles. The lowest BCUT2D eigenvalue weighted by Gasteiger charge is -2.26. The second-order valence-corrected chi connectivity index (χ2v) is 7.73. The first kappa shape index (κ1) is 18.9. The van der Waals surface area contributed by atoms with E-state index < -0.39 is 11.8 Å². The Labute approximate surface area is 158 Å². The molecule has 0 aromatic rings. The lowest BCUT2D eigenvalue weighted by atomic mass is 10.2. The van der Waals surface area contributed by atoms with Crippen LogP contribution in [0.5, 0.6) is 0 Å². The van der Waals surface area contributed by atoms with E-state index in [1.54, 1.807) is 0 Å². The van der Waals surface area contributed by atoms with E-state index in [0.29, 0.717) is 4.24 Å². The van der Waals surface area contributed by atoms with Gasteiger partial charge in [0.05, 0.1) is 40.4 Å². The normalized spacial score (nSPS) is 20.2. The molecule has 2 heterocycles. The molecule has 3 aliphatic rings. The van der Waals surface area contributed by atoms with Gasteiger partial charge in [-0.15, -0.1) is 0 Å². The van der Waals surface area contributed by atoms with Crippen molar-refractivity contribution in [3.63, 3.8) is 0 Å². The van der Waals surface area contributed by atoms with Crippen LogP contribution in [-0.4, -0.2) is 73.9 Å². The first-order chi connectivity index (χ1) is 12.5. The monoisotopic (exact) mass is 396 g/mol. The number of hydrogen-bond acceptors (Lipinski definition) is 8. The summed E-state index contributed by atoms with van der Waals surface area (Å²) in [5, 5.41) is 2.63. The van der Waals surface area contributed by atoms with Crippen LogP contribution in [0.1, 0.15) is 0 Å². The molecule has 1 aliphatic carbocycles. The van der Waals surface area contributed by atoms with Gasteiger partial charge < -0.3 is 9.47 Å². The molecule has 0 N–H and O–H groups in total. The Balaban J connectivity index is 1.91. The van der Waals surface area contributed by atoms with Gasteiger partial charge >= 0.3 is 0 Å². The number of carbonyl (C=O) groups is 4. The van der Waals surface area contributed by atoms with Crippen molar-refractivity contribution in [2.45, 2.75) is 0 Å². The highest BCUT2D eigenvalue weighted by Crippen LogP contribution is 2.53. The summed E-state index contributed by atoms with van der Waals surface area (Å²) in [6.45, 7) is 0.953. The SMILES string of the molecule is COCCN1C(=O)C(=C2SC3=C(S2)C(=O)C=CC3=O)C(=O)N1CCOC. The van der Waals surface area contributed by atoms with Gasteiger partial charge in [0, 0.05) is 14.2 Å². The van der Waals surface area contributed by atoms with Crippen LogP contribution in [0.2, 0.25) is 0 Å². The molecule has 0 atom stereocenters. The fourth-order valence-corrected chi connectivity index (χ4v) is 5.14. The number of thioether (sulfide) groups is 2. The summed E-state index contributed by atoms with van der Waals surface area (Å²) in [6.07, 6.45) is 2.41. The molecule has 8 nitrogen and oxygen atoms in total. The average molecular weight is 396 g/mol. The number of ketones is 2. The zero-order valence-corrected chi connectivity index (χ0v) is 15.8. The lowest BCUT2D eigenvalue weighted by molar-refractivity contribution is -0.149. The van der Waals surface area contributed by atoms with Gasteiger partial charge in [-0.25, -0.2) is 10.0 Å². The van der Waals surface area contributed by atoms with Crippen molar-refractivity contribution in [1.29, 1.82) is 0 Å². The summed E-state index contributed by atoms with van der Waals surface area (Å²) in [7, 11) is 3.01. The molecule has 138 valence electrons. The minimum atomic E-state index is -0.467. The molecular weight excluding hydrogens is 380 g/mol. The summed E-state index contributed by atoms with van der Waals surface area (Å²) in [4.78, 5) is 50.2. The van der Waals surface area contributed by atoms with Crippen molar-refractivity contribution in [3.05, 3.63) is 31.8 Å². The van der Waals surface area contributed by atoms with Gasteiger partial charge in [-0.2, -0.15) is 0 Å². The third-order valence-corrected chi connectivity index (χ3v) is 6.46. The molecule has 0 aromatic carbocycles. The molecule has 0 saturated carbocycles. The molecule has 0 spiro atoms. The Morgan fingerprint density at radius 3 is 1.62 bits per heavy atom. The Bertz CT molecular complexity index is 726. The predicted molar refractivity (Wildman–Crippen MR) is 95.6 cm³/mol. The van der Waals surface area contributed by atoms with Crippen LogP contribution in [0.4, 0.5) is 0 Å². The predicted octanol–water partition coefficient (Wildman–Crippen LogP) is 0.476. The second kappa shape index (κ2) is 7.78. The summed E-state index contributed by atoms with van der Waals surface area (Å²) in [6, 6.07) is 0. The first-order valence-electron chi connectivity index (χ1n) is 7.72. The van der Waals surface area contributed by atoms with Crippen LogP contribution in [0.25, 0.3) is 0 Å². The van der Waals surface area contributed by atoms with Crippen molar-refractivity contribution >= 4 is 46.9 Å². The maximum atomic E-state index is 12.8. The number of hydrogen-bond donors (Lipinski definition) is 0. The van der Waals surface area contributed by atoms with Gasteiger partial charge in [-0.1, -0.05) is 23.5 Å². The third kappa shape index (κ3) is 3.25. The van der Waals surface area contributed by atoms with Gasteiger partial charge in [-0.05, 0) is 12.2 Å². The molecule has 2 amide bonds. The van der Waals surface area contributed by atoms with E-state index in [4.69, 9.17) is 9.47 Å². The molecule has 3 rings (SSSR count). The van der Waals surface area contributed by atoms with E-state index in [-0.39, 0.29) is 53.3 Å². The topological polar surface area (TPSA) is 93.2 Å². The van der Waals surface area contributed by atoms with E-state index in [1.165, 1.54) is 36.4 Å². The lowest BCUT2D eigenvalue weighted by Crippen LogP contribution is -2.44. The molecular formula is C16H16N2O6S2. The number of methoxy groups -OCH3 is 2. The zero-order valence-electron chi connectivity index (χ0n) is 14.1. The summed E-state index contributed by atoms with van der Waals surface area (Å²) < 4.78 is 10.4. The molecule has 2 aliphatic heterocycles. The molecule has 10 heteroatoms. The summed E-state index contributed by atoms with van der Waals surface area (Å²) in [5.41, 5.74) is -0.0257. The van der Waals surface area contributed by atoms with Crippen LogP contribution in [0, 0.1) is 0 Å². The zero-order chi connectivity index (χ0) is 18.8. The van der Waals surface area contributed by atoms with Gasteiger partial charge in [0.2, 0.25) is 0 Å². The summed E-state index contributed by atoms with van der Waals surface area (Å²) >= 11 is 2.01. The number of amides is 2.